The van der Waals surface area contributed by atoms with E-state index in [0.29, 0.717) is 12.1 Å². The van der Waals surface area contributed by atoms with E-state index in [1.54, 1.807) is 11.0 Å². The molecular weight excluding hydrogens is 280 g/mol. The van der Waals surface area contributed by atoms with E-state index < -0.39 is 6.03 Å². The second kappa shape index (κ2) is 6.05. The van der Waals surface area contributed by atoms with Crippen LogP contribution in [0.1, 0.15) is 23.2 Å². The first kappa shape index (κ1) is 14.4. The van der Waals surface area contributed by atoms with Crippen molar-refractivity contribution in [3.63, 3.8) is 0 Å². The number of benzene rings is 2. The topological polar surface area (TPSA) is 72.6 Å². The molecule has 0 spiro atoms. The monoisotopic (exact) mass is 298 g/mol. The number of ether oxygens (including phenoxy) is 1. The summed E-state index contributed by atoms with van der Waals surface area (Å²) in [4.78, 5) is 25.2. The average molecular weight is 298 g/mol. The second-order valence-electron chi connectivity index (χ2n) is 5.45. The molecular formula is C17H18N2O3. The molecule has 0 radical (unpaired) electrons. The molecule has 2 aromatic rings. The van der Waals surface area contributed by atoms with Crippen molar-refractivity contribution in [3.05, 3.63) is 48.0 Å². The highest BCUT2D eigenvalue weighted by Crippen LogP contribution is 2.21. The van der Waals surface area contributed by atoms with Gasteiger partial charge in [0.05, 0.1) is 11.6 Å². The molecule has 1 fully saturated rings. The first-order valence-corrected chi connectivity index (χ1v) is 7.38. The number of carbonyl (C=O) groups excluding carboxylic acids is 2. The van der Waals surface area contributed by atoms with Crippen molar-refractivity contribution < 1.29 is 14.3 Å². The number of carbonyl (C=O) groups is 2. The smallest absolute Gasteiger partial charge is 0.338 e. The lowest BCUT2D eigenvalue weighted by atomic mass is 10.0. The van der Waals surface area contributed by atoms with Gasteiger partial charge in [0.15, 0.2) is 0 Å². The van der Waals surface area contributed by atoms with Gasteiger partial charge in [-0.15, -0.1) is 0 Å². The fourth-order valence-electron chi connectivity index (χ4n) is 2.95. The summed E-state index contributed by atoms with van der Waals surface area (Å²) in [5.41, 5.74) is 5.87. The lowest BCUT2D eigenvalue weighted by Gasteiger charge is -2.22. The minimum Gasteiger partial charge on any atom is -0.460 e. The third kappa shape index (κ3) is 2.74. The van der Waals surface area contributed by atoms with Gasteiger partial charge in [-0.25, -0.2) is 9.59 Å². The summed E-state index contributed by atoms with van der Waals surface area (Å²) in [6.45, 7) is 0.816. The maximum Gasteiger partial charge on any atom is 0.338 e. The standard InChI is InChI=1S/C17H18N2O3/c18-17(21)19-10-4-7-13(19)11-22-16(20)15-9-3-6-12-5-1-2-8-14(12)15/h1-3,5-6,8-9,13H,4,7,10-11H2,(H2,18,21)/t13-/m0/s1. The van der Waals surface area contributed by atoms with E-state index in [-0.39, 0.29) is 18.6 Å². The minimum absolute atomic E-state index is 0.114. The van der Waals surface area contributed by atoms with Crippen molar-refractivity contribution in [2.45, 2.75) is 18.9 Å². The zero-order valence-corrected chi connectivity index (χ0v) is 12.2. The summed E-state index contributed by atoms with van der Waals surface area (Å²) in [6.07, 6.45) is 1.70. The number of likely N-dealkylation sites (tertiary alicyclic amines) is 1. The molecule has 0 unspecified atom stereocenters. The van der Waals surface area contributed by atoms with Crippen LogP contribution in [0.25, 0.3) is 10.8 Å². The van der Waals surface area contributed by atoms with Crippen LogP contribution in [0, 0.1) is 0 Å². The Balaban J connectivity index is 1.73. The number of hydrogen-bond donors (Lipinski definition) is 1. The van der Waals surface area contributed by atoms with Crippen LogP contribution in [0.3, 0.4) is 0 Å². The van der Waals surface area contributed by atoms with Gasteiger partial charge >= 0.3 is 12.0 Å². The number of amides is 2. The van der Waals surface area contributed by atoms with Crippen LogP contribution in [0.15, 0.2) is 42.5 Å². The van der Waals surface area contributed by atoms with Crippen molar-refractivity contribution in [2.75, 3.05) is 13.2 Å². The van der Waals surface area contributed by atoms with Gasteiger partial charge in [-0.1, -0.05) is 36.4 Å². The number of hydrogen-bond acceptors (Lipinski definition) is 3. The molecule has 1 heterocycles. The van der Waals surface area contributed by atoms with Gasteiger partial charge in [0, 0.05) is 6.54 Å². The minimum atomic E-state index is -0.455. The summed E-state index contributed by atoms with van der Waals surface area (Å²) in [5, 5.41) is 1.87. The third-order valence-corrected chi connectivity index (χ3v) is 4.08. The molecule has 0 aliphatic carbocycles. The van der Waals surface area contributed by atoms with Gasteiger partial charge in [-0.05, 0) is 29.7 Å². The largest absolute Gasteiger partial charge is 0.460 e. The second-order valence-corrected chi connectivity index (χ2v) is 5.45. The van der Waals surface area contributed by atoms with Gasteiger partial charge < -0.3 is 15.4 Å². The van der Waals surface area contributed by atoms with Crippen molar-refractivity contribution in [2.24, 2.45) is 5.73 Å². The molecule has 114 valence electrons. The van der Waals surface area contributed by atoms with Crippen LogP contribution < -0.4 is 5.73 Å². The Labute approximate surface area is 128 Å². The SMILES string of the molecule is NC(=O)N1CCC[C@H]1COC(=O)c1cccc2ccccc12. The Hall–Kier alpha value is -2.56. The van der Waals surface area contributed by atoms with Gasteiger partial charge in [-0.3, -0.25) is 0 Å². The number of rotatable bonds is 3. The lowest BCUT2D eigenvalue weighted by molar-refractivity contribution is 0.0424. The molecule has 1 atom stereocenters. The number of urea groups is 1. The molecule has 2 amide bonds. The van der Waals surface area contributed by atoms with Gasteiger partial charge in [0.1, 0.15) is 6.61 Å². The fourth-order valence-corrected chi connectivity index (χ4v) is 2.95. The highest BCUT2D eigenvalue weighted by Gasteiger charge is 2.28. The maximum atomic E-state index is 12.3. The molecule has 1 aliphatic rings. The first-order valence-electron chi connectivity index (χ1n) is 7.38. The van der Waals surface area contributed by atoms with Crippen LogP contribution in [-0.4, -0.2) is 36.1 Å². The number of esters is 1. The van der Waals surface area contributed by atoms with E-state index in [4.69, 9.17) is 10.5 Å². The van der Waals surface area contributed by atoms with Crippen molar-refractivity contribution >= 4 is 22.8 Å². The quantitative estimate of drug-likeness (QED) is 0.885. The average Bonchev–Trinajstić information content (AvgIpc) is 3.01. The van der Waals surface area contributed by atoms with E-state index in [9.17, 15) is 9.59 Å². The molecule has 1 aliphatic heterocycles. The van der Waals surface area contributed by atoms with Crippen molar-refractivity contribution in [1.29, 1.82) is 0 Å². The van der Waals surface area contributed by atoms with Crippen LogP contribution in [0.5, 0.6) is 0 Å². The zero-order chi connectivity index (χ0) is 15.5. The molecule has 22 heavy (non-hydrogen) atoms. The number of nitrogens with two attached hydrogens (primary N) is 1. The molecule has 5 nitrogen and oxygen atoms in total. The van der Waals surface area contributed by atoms with E-state index in [1.807, 2.05) is 36.4 Å². The Morgan fingerprint density at radius 2 is 1.95 bits per heavy atom. The van der Waals surface area contributed by atoms with Crippen LogP contribution >= 0.6 is 0 Å². The van der Waals surface area contributed by atoms with E-state index in [0.717, 1.165) is 23.6 Å². The van der Waals surface area contributed by atoms with E-state index in [2.05, 4.69) is 0 Å². The van der Waals surface area contributed by atoms with Crippen LogP contribution in [0.2, 0.25) is 0 Å². The summed E-state index contributed by atoms with van der Waals surface area (Å²) in [7, 11) is 0. The van der Waals surface area contributed by atoms with Gasteiger partial charge in [0.25, 0.3) is 0 Å². The normalized spacial score (nSPS) is 17.6. The molecule has 1 saturated heterocycles. The lowest BCUT2D eigenvalue weighted by Crippen LogP contribution is -2.41. The Bertz CT molecular complexity index is 709. The van der Waals surface area contributed by atoms with Gasteiger partial charge in [-0.2, -0.15) is 0 Å². The van der Waals surface area contributed by atoms with Crippen molar-refractivity contribution in [3.8, 4) is 0 Å². The molecule has 2 aromatic carbocycles. The number of primary amides is 1. The summed E-state index contributed by atoms with van der Waals surface area (Å²) in [5.74, 6) is -0.367. The highest BCUT2D eigenvalue weighted by molar-refractivity contribution is 6.04. The molecule has 0 bridgehead atoms. The van der Waals surface area contributed by atoms with Crippen LogP contribution in [-0.2, 0) is 4.74 Å². The molecule has 5 heteroatoms. The molecule has 0 aromatic heterocycles. The Kier molecular flexibility index (Phi) is 3.96. The molecule has 3 rings (SSSR count). The number of fused-ring (bicyclic) bond motifs is 1. The molecule has 2 N–H and O–H groups in total. The first-order chi connectivity index (χ1) is 10.7. The third-order valence-electron chi connectivity index (χ3n) is 4.08. The Morgan fingerprint density at radius 1 is 1.18 bits per heavy atom. The van der Waals surface area contributed by atoms with E-state index in [1.165, 1.54) is 0 Å². The van der Waals surface area contributed by atoms with E-state index >= 15 is 0 Å². The predicted molar refractivity (Wildman–Crippen MR) is 83.5 cm³/mol. The fraction of sp³-hybridized carbons (Fsp3) is 0.294. The zero-order valence-electron chi connectivity index (χ0n) is 12.2. The van der Waals surface area contributed by atoms with Gasteiger partial charge in [0.2, 0.25) is 0 Å². The highest BCUT2D eigenvalue weighted by atomic mass is 16.5. The predicted octanol–water partition coefficient (Wildman–Crippen LogP) is 2.54. The Morgan fingerprint density at radius 3 is 2.77 bits per heavy atom. The summed E-state index contributed by atoms with van der Waals surface area (Å²) < 4.78 is 5.41. The molecule has 0 saturated carbocycles. The van der Waals surface area contributed by atoms with Crippen molar-refractivity contribution in [1.82, 2.24) is 4.90 Å². The summed E-state index contributed by atoms with van der Waals surface area (Å²) >= 11 is 0. The maximum absolute atomic E-state index is 12.3. The number of nitrogens with zero attached hydrogens (tertiary/aromatic N) is 1. The summed E-state index contributed by atoms with van der Waals surface area (Å²) in [6, 6.07) is 12.7. The van der Waals surface area contributed by atoms with Crippen LogP contribution in [0.4, 0.5) is 4.79 Å².